The molecular formula is C16H10ClF3N2O2. The lowest BCUT2D eigenvalue weighted by atomic mass is 10.3. The predicted molar refractivity (Wildman–Crippen MR) is 81.8 cm³/mol. The van der Waals surface area contributed by atoms with E-state index in [1.54, 1.807) is 24.3 Å². The number of fused-ring (bicyclic) bond motifs is 1. The lowest BCUT2D eigenvalue weighted by molar-refractivity contribution is -0.148. The van der Waals surface area contributed by atoms with E-state index in [0.717, 1.165) is 4.57 Å². The molecule has 0 aliphatic rings. The second-order valence-electron chi connectivity index (χ2n) is 4.91. The van der Waals surface area contributed by atoms with Crippen LogP contribution in [0.15, 0.2) is 48.5 Å². The summed E-state index contributed by atoms with van der Waals surface area (Å²) in [5.41, 5.74) is 0.344. The molecule has 0 aliphatic carbocycles. The number of para-hydroxylation sites is 3. The van der Waals surface area contributed by atoms with Gasteiger partial charge in [0.2, 0.25) is 5.82 Å². The summed E-state index contributed by atoms with van der Waals surface area (Å²) in [7, 11) is 0. The minimum Gasteiger partial charge on any atom is -0.424 e. The van der Waals surface area contributed by atoms with Gasteiger partial charge in [-0.15, -0.1) is 0 Å². The van der Waals surface area contributed by atoms with E-state index < -0.39 is 24.5 Å². The normalized spacial score (nSPS) is 11.7. The predicted octanol–water partition coefficient (Wildman–Crippen LogP) is 4.31. The van der Waals surface area contributed by atoms with Gasteiger partial charge in [-0.05, 0) is 24.3 Å². The Morgan fingerprint density at radius 1 is 1.12 bits per heavy atom. The summed E-state index contributed by atoms with van der Waals surface area (Å²) in [6.07, 6.45) is -4.69. The Balaban J connectivity index is 1.94. The fourth-order valence-corrected chi connectivity index (χ4v) is 2.44. The first kappa shape index (κ1) is 16.3. The topological polar surface area (TPSA) is 44.1 Å². The largest absolute Gasteiger partial charge is 0.449 e. The van der Waals surface area contributed by atoms with Crippen LogP contribution in [0.4, 0.5) is 13.2 Å². The van der Waals surface area contributed by atoms with E-state index in [1.165, 1.54) is 24.3 Å². The first-order valence-electron chi connectivity index (χ1n) is 6.84. The molecule has 0 atom stereocenters. The molecule has 3 aromatic rings. The van der Waals surface area contributed by atoms with E-state index >= 15 is 0 Å². The molecule has 1 heterocycles. The number of nitrogens with zero attached hydrogens (tertiary/aromatic N) is 2. The number of esters is 1. The number of imidazole rings is 1. The summed E-state index contributed by atoms with van der Waals surface area (Å²) in [5.74, 6) is -1.95. The van der Waals surface area contributed by atoms with Crippen LogP contribution in [0.5, 0.6) is 5.75 Å². The van der Waals surface area contributed by atoms with Gasteiger partial charge in [-0.2, -0.15) is 13.2 Å². The molecule has 0 aliphatic heterocycles. The molecule has 0 bridgehead atoms. The zero-order valence-electron chi connectivity index (χ0n) is 12.0. The summed E-state index contributed by atoms with van der Waals surface area (Å²) in [6, 6.07) is 12.3. The minimum atomic E-state index is -4.69. The van der Waals surface area contributed by atoms with Crippen LogP contribution in [0.1, 0.15) is 5.82 Å². The number of carbonyl (C=O) groups excluding carboxylic acids is 1. The molecule has 24 heavy (non-hydrogen) atoms. The van der Waals surface area contributed by atoms with Crippen molar-refractivity contribution >= 4 is 28.6 Å². The van der Waals surface area contributed by atoms with Gasteiger partial charge < -0.3 is 9.30 Å². The Kier molecular flexibility index (Phi) is 4.19. The zero-order valence-corrected chi connectivity index (χ0v) is 12.8. The van der Waals surface area contributed by atoms with Crippen LogP contribution in [-0.2, 0) is 17.5 Å². The van der Waals surface area contributed by atoms with E-state index in [9.17, 15) is 18.0 Å². The maximum Gasteiger partial charge on any atom is 0.449 e. The van der Waals surface area contributed by atoms with Crippen LogP contribution in [0.2, 0.25) is 5.02 Å². The summed E-state index contributed by atoms with van der Waals surface area (Å²) in [5, 5.41) is 0.192. The van der Waals surface area contributed by atoms with Crippen molar-refractivity contribution in [3.8, 4) is 5.75 Å². The molecule has 8 heteroatoms. The van der Waals surface area contributed by atoms with Gasteiger partial charge in [-0.25, -0.2) is 9.78 Å². The van der Waals surface area contributed by atoms with Crippen LogP contribution in [0.25, 0.3) is 11.0 Å². The number of ether oxygens (including phenoxy) is 1. The molecule has 2 aromatic carbocycles. The van der Waals surface area contributed by atoms with Crippen molar-refractivity contribution in [1.29, 1.82) is 0 Å². The monoisotopic (exact) mass is 354 g/mol. The highest BCUT2D eigenvalue weighted by Crippen LogP contribution is 2.31. The van der Waals surface area contributed by atoms with E-state index in [0.29, 0.717) is 0 Å². The van der Waals surface area contributed by atoms with Crippen LogP contribution in [0.3, 0.4) is 0 Å². The highest BCUT2D eigenvalue weighted by atomic mass is 35.5. The minimum absolute atomic E-state index is 0.0853. The van der Waals surface area contributed by atoms with Crippen LogP contribution in [-0.4, -0.2) is 15.5 Å². The fraction of sp³-hybridized carbons (Fsp3) is 0.125. The SMILES string of the molecule is O=C(Cn1c(C(F)(F)F)nc2ccccc21)Oc1ccccc1Cl. The third kappa shape index (κ3) is 3.21. The van der Waals surface area contributed by atoms with Gasteiger partial charge >= 0.3 is 12.1 Å². The van der Waals surface area contributed by atoms with Crippen molar-refractivity contribution in [1.82, 2.24) is 9.55 Å². The number of hydrogen-bond donors (Lipinski definition) is 0. The highest BCUT2D eigenvalue weighted by Gasteiger charge is 2.38. The highest BCUT2D eigenvalue weighted by molar-refractivity contribution is 6.32. The van der Waals surface area contributed by atoms with Crippen molar-refractivity contribution < 1.29 is 22.7 Å². The Bertz CT molecular complexity index is 906. The Hall–Kier alpha value is -2.54. The van der Waals surface area contributed by atoms with Gasteiger partial charge in [0, 0.05) is 0 Å². The molecule has 0 spiro atoms. The van der Waals surface area contributed by atoms with E-state index in [2.05, 4.69) is 4.98 Å². The molecule has 3 rings (SSSR count). The molecule has 0 saturated heterocycles. The second kappa shape index (κ2) is 6.16. The van der Waals surface area contributed by atoms with E-state index in [4.69, 9.17) is 16.3 Å². The smallest absolute Gasteiger partial charge is 0.424 e. The molecule has 0 N–H and O–H groups in total. The number of alkyl halides is 3. The third-order valence-electron chi connectivity index (χ3n) is 3.26. The van der Waals surface area contributed by atoms with E-state index in [-0.39, 0.29) is 21.8 Å². The van der Waals surface area contributed by atoms with Crippen molar-refractivity contribution in [3.63, 3.8) is 0 Å². The van der Waals surface area contributed by atoms with E-state index in [1.807, 2.05) is 0 Å². The summed E-state index contributed by atoms with van der Waals surface area (Å²) >= 11 is 5.87. The maximum atomic E-state index is 13.2. The zero-order chi connectivity index (χ0) is 17.3. The Morgan fingerprint density at radius 3 is 2.50 bits per heavy atom. The van der Waals surface area contributed by atoms with Gasteiger partial charge in [0.05, 0.1) is 16.1 Å². The van der Waals surface area contributed by atoms with Gasteiger partial charge in [-0.1, -0.05) is 35.9 Å². The van der Waals surface area contributed by atoms with Crippen LogP contribution < -0.4 is 4.74 Å². The Morgan fingerprint density at radius 2 is 1.79 bits per heavy atom. The fourth-order valence-electron chi connectivity index (χ4n) is 2.26. The number of hydrogen-bond acceptors (Lipinski definition) is 3. The molecular weight excluding hydrogens is 345 g/mol. The summed E-state index contributed by atoms with van der Waals surface area (Å²) < 4.78 is 45.3. The maximum absolute atomic E-state index is 13.2. The number of aromatic nitrogens is 2. The molecule has 1 aromatic heterocycles. The molecule has 0 radical (unpaired) electrons. The van der Waals surface area contributed by atoms with Gasteiger partial charge in [-0.3, -0.25) is 0 Å². The van der Waals surface area contributed by atoms with Gasteiger partial charge in [0.15, 0.2) is 0 Å². The first-order valence-corrected chi connectivity index (χ1v) is 7.22. The number of halogens is 4. The molecule has 124 valence electrons. The number of rotatable bonds is 3. The van der Waals surface area contributed by atoms with Crippen molar-refractivity contribution in [2.75, 3.05) is 0 Å². The van der Waals surface area contributed by atoms with Crippen LogP contribution >= 0.6 is 11.6 Å². The van der Waals surface area contributed by atoms with Crippen LogP contribution in [0, 0.1) is 0 Å². The van der Waals surface area contributed by atoms with Gasteiger partial charge in [0.1, 0.15) is 12.3 Å². The average molecular weight is 355 g/mol. The molecule has 0 fully saturated rings. The standard InChI is InChI=1S/C16H10ClF3N2O2/c17-10-5-1-4-8-13(10)24-14(23)9-22-12-7-3-2-6-11(12)21-15(22)16(18,19)20/h1-8H,9H2. The van der Waals surface area contributed by atoms with Crippen molar-refractivity contribution in [3.05, 3.63) is 59.4 Å². The molecule has 0 amide bonds. The Labute approximate surface area is 139 Å². The molecule has 0 unspecified atom stereocenters. The third-order valence-corrected chi connectivity index (χ3v) is 3.57. The molecule has 0 saturated carbocycles. The number of benzene rings is 2. The summed E-state index contributed by atoms with van der Waals surface area (Å²) in [6.45, 7) is -0.638. The average Bonchev–Trinajstić information content (AvgIpc) is 2.89. The lowest BCUT2D eigenvalue weighted by Gasteiger charge is -2.11. The van der Waals surface area contributed by atoms with Gasteiger partial charge in [0.25, 0.3) is 0 Å². The molecule has 4 nitrogen and oxygen atoms in total. The lowest BCUT2D eigenvalue weighted by Crippen LogP contribution is -2.22. The first-order chi connectivity index (χ1) is 11.4. The second-order valence-corrected chi connectivity index (χ2v) is 5.32. The quantitative estimate of drug-likeness (QED) is 0.520. The summed E-state index contributed by atoms with van der Waals surface area (Å²) in [4.78, 5) is 15.6. The van der Waals surface area contributed by atoms with Crippen molar-refractivity contribution in [2.45, 2.75) is 12.7 Å². The number of carbonyl (C=O) groups is 1. The van der Waals surface area contributed by atoms with Crippen molar-refractivity contribution in [2.24, 2.45) is 0 Å².